The summed E-state index contributed by atoms with van der Waals surface area (Å²) in [4.78, 5) is 42.9. The normalized spacial score (nSPS) is 19.7. The number of carbonyl (C=O) groups is 3. The molecule has 0 saturated carbocycles. The Morgan fingerprint density at radius 2 is 1.74 bits per heavy atom. The molecule has 0 radical (unpaired) electrons. The third-order valence-corrected chi connectivity index (χ3v) is 7.04. The van der Waals surface area contributed by atoms with Gasteiger partial charge in [-0.3, -0.25) is 19.8 Å². The third-order valence-electron chi connectivity index (χ3n) is 7.04. The molecule has 2 aliphatic heterocycles. The molecule has 8 nitrogen and oxygen atoms in total. The van der Waals surface area contributed by atoms with Crippen molar-refractivity contribution in [2.75, 3.05) is 39.3 Å². The number of hydrogen-bond acceptors (Lipinski definition) is 6. The van der Waals surface area contributed by atoms with Gasteiger partial charge >= 0.3 is 6.03 Å². The number of nitrogens with zero attached hydrogens (tertiary/aromatic N) is 2. The number of urea groups is 1. The van der Waals surface area contributed by atoms with Gasteiger partial charge in [0.25, 0.3) is 0 Å². The van der Waals surface area contributed by atoms with Crippen LogP contribution in [0.15, 0.2) is 54.6 Å². The molecule has 4 amide bonds. The Hall–Kier alpha value is -4.07. The van der Waals surface area contributed by atoms with E-state index in [-0.39, 0.29) is 19.5 Å². The van der Waals surface area contributed by atoms with E-state index in [0.717, 1.165) is 27.6 Å². The zero-order valence-corrected chi connectivity index (χ0v) is 20.0. The first-order valence-corrected chi connectivity index (χ1v) is 11.5. The molecule has 3 aromatic rings. The van der Waals surface area contributed by atoms with Crippen LogP contribution in [0.5, 0.6) is 11.5 Å². The van der Waals surface area contributed by atoms with Crippen LogP contribution in [0.3, 0.4) is 0 Å². The largest absolute Gasteiger partial charge is 0.493 e. The molecule has 8 heteroatoms. The second-order valence-electron chi connectivity index (χ2n) is 9.05. The van der Waals surface area contributed by atoms with Gasteiger partial charge in [-0.2, -0.15) is 0 Å². The van der Waals surface area contributed by atoms with E-state index in [4.69, 9.17) is 9.47 Å². The Morgan fingerprint density at radius 3 is 2.51 bits per heavy atom. The summed E-state index contributed by atoms with van der Waals surface area (Å²) in [5, 5.41) is 4.50. The number of ether oxygens (including phenoxy) is 2. The van der Waals surface area contributed by atoms with Gasteiger partial charge in [0.1, 0.15) is 5.41 Å². The summed E-state index contributed by atoms with van der Waals surface area (Å²) in [5.41, 5.74) is 1.43. The molecule has 35 heavy (non-hydrogen) atoms. The first-order valence-electron chi connectivity index (χ1n) is 11.5. The van der Waals surface area contributed by atoms with E-state index in [1.807, 2.05) is 60.5 Å². The smallest absolute Gasteiger partial charge is 0.330 e. The molecule has 1 fully saturated rings. The summed E-state index contributed by atoms with van der Waals surface area (Å²) in [6.45, 7) is 0.338. The molecule has 0 bridgehead atoms. The SMILES string of the molecule is COc1ccc(CCN2C(=O)NC(=O)[C@]3(Cc4c(ccc5ccccc45)N(C)C3)C2=O)cc1OC. The van der Waals surface area contributed by atoms with Gasteiger partial charge in [0, 0.05) is 32.2 Å². The lowest BCUT2D eigenvalue weighted by Crippen LogP contribution is -2.68. The van der Waals surface area contributed by atoms with Crippen molar-refractivity contribution in [1.82, 2.24) is 10.2 Å². The molecule has 2 aliphatic rings. The van der Waals surface area contributed by atoms with E-state index < -0.39 is 23.3 Å². The van der Waals surface area contributed by atoms with Gasteiger partial charge in [0.05, 0.1) is 14.2 Å². The van der Waals surface area contributed by atoms with Crippen molar-refractivity contribution in [2.45, 2.75) is 12.8 Å². The van der Waals surface area contributed by atoms with Crippen LogP contribution in [0, 0.1) is 5.41 Å². The number of methoxy groups -OCH3 is 2. The molecule has 1 N–H and O–H groups in total. The Balaban J connectivity index is 1.46. The second-order valence-corrected chi connectivity index (χ2v) is 9.05. The Kier molecular flexibility index (Phi) is 5.59. The van der Waals surface area contributed by atoms with Gasteiger partial charge in [0.2, 0.25) is 11.8 Å². The molecule has 1 spiro atoms. The summed E-state index contributed by atoms with van der Waals surface area (Å²) < 4.78 is 10.6. The topological polar surface area (TPSA) is 88.2 Å². The fourth-order valence-electron chi connectivity index (χ4n) is 5.22. The Bertz CT molecular complexity index is 1350. The van der Waals surface area contributed by atoms with Crippen molar-refractivity contribution in [3.05, 3.63) is 65.7 Å². The molecular weight excluding hydrogens is 446 g/mol. The average Bonchev–Trinajstić information content (AvgIpc) is 2.87. The maximum absolute atomic E-state index is 13.8. The van der Waals surface area contributed by atoms with E-state index in [0.29, 0.717) is 17.9 Å². The number of benzene rings is 3. The van der Waals surface area contributed by atoms with Gasteiger partial charge in [-0.05, 0) is 46.5 Å². The number of nitrogens with one attached hydrogen (secondary N) is 1. The molecule has 3 aromatic carbocycles. The lowest BCUT2D eigenvalue weighted by atomic mass is 9.73. The van der Waals surface area contributed by atoms with Crippen LogP contribution in [0.4, 0.5) is 10.5 Å². The Labute approximate surface area is 203 Å². The summed E-state index contributed by atoms with van der Waals surface area (Å²) in [6.07, 6.45) is 0.651. The number of fused-ring (bicyclic) bond motifs is 3. The van der Waals surface area contributed by atoms with Crippen LogP contribution in [-0.2, 0) is 22.4 Å². The molecular formula is C27H27N3O5. The molecule has 180 valence electrons. The Morgan fingerprint density at radius 1 is 0.971 bits per heavy atom. The number of hydrogen-bond donors (Lipinski definition) is 1. The summed E-state index contributed by atoms with van der Waals surface area (Å²) in [5.74, 6) is 0.171. The number of carbonyl (C=O) groups excluding carboxylic acids is 3. The van der Waals surface area contributed by atoms with Crippen molar-refractivity contribution >= 4 is 34.3 Å². The second kappa shape index (κ2) is 8.61. The van der Waals surface area contributed by atoms with Gasteiger partial charge in [-0.15, -0.1) is 0 Å². The van der Waals surface area contributed by atoms with Crippen molar-refractivity contribution in [3.63, 3.8) is 0 Å². The van der Waals surface area contributed by atoms with Gasteiger partial charge in [0.15, 0.2) is 11.5 Å². The third kappa shape index (κ3) is 3.65. The standard InChI is InChI=1S/C27H27N3O5/c1-29-16-27(15-20-19-7-5-4-6-18(19)9-10-21(20)29)24(31)28-26(33)30(25(27)32)13-12-17-8-11-22(34-2)23(14-17)35-3/h4-11,14H,12-13,15-16H2,1-3H3,(H,28,31,33)/t27-/m1/s1. The fraction of sp³-hybridized carbons (Fsp3) is 0.296. The zero-order chi connectivity index (χ0) is 24.7. The summed E-state index contributed by atoms with van der Waals surface area (Å²) in [6, 6.07) is 16.8. The first-order chi connectivity index (χ1) is 16.9. The quantitative estimate of drug-likeness (QED) is 0.573. The van der Waals surface area contributed by atoms with Gasteiger partial charge in [-0.1, -0.05) is 36.4 Å². The van der Waals surface area contributed by atoms with Crippen molar-refractivity contribution < 1.29 is 23.9 Å². The highest BCUT2D eigenvalue weighted by Crippen LogP contribution is 2.42. The summed E-state index contributed by atoms with van der Waals surface area (Å²) in [7, 11) is 4.99. The van der Waals surface area contributed by atoms with Crippen LogP contribution in [-0.4, -0.2) is 57.1 Å². The lowest BCUT2D eigenvalue weighted by molar-refractivity contribution is -0.151. The summed E-state index contributed by atoms with van der Waals surface area (Å²) >= 11 is 0. The average molecular weight is 474 g/mol. The van der Waals surface area contributed by atoms with Crippen LogP contribution in [0.2, 0.25) is 0 Å². The molecule has 1 saturated heterocycles. The van der Waals surface area contributed by atoms with Gasteiger partial charge in [-0.25, -0.2) is 4.79 Å². The maximum atomic E-state index is 13.8. The predicted molar refractivity (Wildman–Crippen MR) is 132 cm³/mol. The zero-order valence-electron chi connectivity index (χ0n) is 20.0. The van der Waals surface area contributed by atoms with Gasteiger partial charge < -0.3 is 14.4 Å². The molecule has 5 rings (SSSR count). The monoisotopic (exact) mass is 473 g/mol. The molecule has 2 heterocycles. The van der Waals surface area contributed by atoms with E-state index in [9.17, 15) is 14.4 Å². The van der Waals surface area contributed by atoms with E-state index in [1.165, 1.54) is 4.90 Å². The van der Waals surface area contributed by atoms with E-state index in [1.54, 1.807) is 20.3 Å². The van der Waals surface area contributed by atoms with Crippen LogP contribution in [0.25, 0.3) is 10.8 Å². The predicted octanol–water partition coefficient (Wildman–Crippen LogP) is 3.16. The minimum atomic E-state index is -1.38. The molecule has 1 atom stereocenters. The van der Waals surface area contributed by atoms with E-state index in [2.05, 4.69) is 5.32 Å². The fourth-order valence-corrected chi connectivity index (χ4v) is 5.22. The van der Waals surface area contributed by atoms with E-state index >= 15 is 0 Å². The highest BCUT2D eigenvalue weighted by Gasteiger charge is 2.56. The van der Waals surface area contributed by atoms with Crippen molar-refractivity contribution in [2.24, 2.45) is 5.41 Å². The van der Waals surface area contributed by atoms with Crippen molar-refractivity contribution in [3.8, 4) is 11.5 Å². The first kappa shape index (κ1) is 22.7. The molecule has 0 unspecified atom stereocenters. The number of imide groups is 2. The number of amides is 4. The van der Waals surface area contributed by atoms with Crippen LogP contribution >= 0.6 is 0 Å². The van der Waals surface area contributed by atoms with Crippen LogP contribution < -0.4 is 19.7 Å². The molecule has 0 aromatic heterocycles. The number of rotatable bonds is 5. The molecule has 0 aliphatic carbocycles. The number of barbiturate groups is 1. The highest BCUT2D eigenvalue weighted by molar-refractivity contribution is 6.20. The maximum Gasteiger partial charge on any atom is 0.330 e. The van der Waals surface area contributed by atoms with Crippen molar-refractivity contribution in [1.29, 1.82) is 0 Å². The number of anilines is 1. The highest BCUT2D eigenvalue weighted by atomic mass is 16.5. The van der Waals surface area contributed by atoms with Crippen LogP contribution in [0.1, 0.15) is 11.1 Å². The minimum Gasteiger partial charge on any atom is -0.493 e. The lowest BCUT2D eigenvalue weighted by Gasteiger charge is -2.45. The minimum absolute atomic E-state index is 0.140.